The van der Waals surface area contributed by atoms with Gasteiger partial charge in [0.05, 0.1) is 0 Å². The van der Waals surface area contributed by atoms with E-state index in [-0.39, 0.29) is 24.5 Å². The Bertz CT molecular complexity index is 840. The van der Waals surface area contributed by atoms with Crippen LogP contribution < -0.4 is 5.32 Å². The predicted molar refractivity (Wildman–Crippen MR) is 180 cm³/mol. The van der Waals surface area contributed by atoms with Gasteiger partial charge in [-0.1, -0.05) is 113 Å². The third kappa shape index (κ3) is 31.9. The highest BCUT2D eigenvalue weighted by molar-refractivity contribution is 5.80. The first kappa shape index (κ1) is 40.1. The number of aliphatic carboxylic acids is 1. The maximum Gasteiger partial charge on any atom is 0.322 e. The van der Waals surface area contributed by atoms with Crippen LogP contribution in [0.4, 0.5) is 0 Å². The van der Waals surface area contributed by atoms with Crippen LogP contribution in [0.1, 0.15) is 142 Å². The van der Waals surface area contributed by atoms with E-state index in [4.69, 9.17) is 9.84 Å². The van der Waals surface area contributed by atoms with Gasteiger partial charge in [-0.15, -0.1) is 0 Å². The lowest BCUT2D eigenvalue weighted by Gasteiger charge is -2.18. The molecule has 1 unspecified atom stereocenters. The molecule has 0 bridgehead atoms. The second-order valence-corrected chi connectivity index (χ2v) is 11.0. The normalized spacial score (nSPS) is 12.8. The smallest absolute Gasteiger partial charge is 0.322 e. The van der Waals surface area contributed by atoms with E-state index in [0.717, 1.165) is 96.3 Å². The fourth-order valence-corrected chi connectivity index (χ4v) is 4.47. The van der Waals surface area contributed by atoms with Crippen molar-refractivity contribution in [1.29, 1.82) is 0 Å². The third-order valence-electron chi connectivity index (χ3n) is 6.95. The summed E-state index contributed by atoms with van der Waals surface area (Å²) in [5, 5.41) is 11.0. The summed E-state index contributed by atoms with van der Waals surface area (Å²) < 4.78 is 5.78. The fraction of sp³-hybridized carbons (Fsp3) is 0.649. The Morgan fingerprint density at radius 3 is 1.74 bits per heavy atom. The molecule has 43 heavy (non-hydrogen) atoms. The van der Waals surface area contributed by atoms with Gasteiger partial charge in [0.25, 0.3) is 0 Å². The lowest BCUT2D eigenvalue weighted by molar-refractivity contribution is -0.150. The summed E-state index contributed by atoms with van der Waals surface area (Å²) in [4.78, 5) is 34.5. The van der Waals surface area contributed by atoms with Crippen molar-refractivity contribution in [3.8, 4) is 0 Å². The Hall–Kier alpha value is -2.89. The molecule has 0 heterocycles. The summed E-state index contributed by atoms with van der Waals surface area (Å²) in [5.41, 5.74) is 0. The van der Waals surface area contributed by atoms with E-state index in [2.05, 4.69) is 79.9 Å². The topological polar surface area (TPSA) is 92.7 Å². The van der Waals surface area contributed by atoms with Gasteiger partial charge in [0, 0.05) is 12.8 Å². The summed E-state index contributed by atoms with van der Waals surface area (Å²) in [6.07, 6.45) is 41.0. The van der Waals surface area contributed by atoms with Gasteiger partial charge < -0.3 is 15.2 Å². The van der Waals surface area contributed by atoms with Crippen LogP contribution in [0.5, 0.6) is 0 Å². The molecule has 0 aliphatic rings. The molecular weight excluding hydrogens is 538 g/mol. The van der Waals surface area contributed by atoms with Crippen LogP contribution in [-0.4, -0.2) is 35.6 Å². The molecule has 0 saturated carbocycles. The quantitative estimate of drug-likeness (QED) is 0.0507. The largest absolute Gasteiger partial charge is 0.480 e. The highest BCUT2D eigenvalue weighted by Gasteiger charge is 2.14. The standard InChI is InChI=1S/C37H61NO5/c1-3-5-7-8-9-10-11-12-13-14-15-16-17-18-19-20-21-22-23-24-28-32-37(42)43-34(29-6-4-2)30-26-25-27-31-35(39)38-33-36(40)41/h5,7,9-10,12-13,15-16,18-19,34H,3-4,6,8,11,14,17,20-33H2,1-2H3,(H,38,39)(H,40,41)/b7-5-,10-9-,13-12-,16-15-,19-18-. The number of unbranched alkanes of at least 4 members (excludes halogenated alkanes) is 8. The van der Waals surface area contributed by atoms with E-state index in [1.54, 1.807) is 0 Å². The van der Waals surface area contributed by atoms with Crippen molar-refractivity contribution in [2.45, 2.75) is 148 Å². The third-order valence-corrected chi connectivity index (χ3v) is 6.95. The summed E-state index contributed by atoms with van der Waals surface area (Å²) in [6, 6.07) is 0. The number of carboxylic acids is 1. The molecule has 0 aliphatic heterocycles. The van der Waals surface area contributed by atoms with E-state index >= 15 is 0 Å². The molecule has 0 aromatic heterocycles. The van der Waals surface area contributed by atoms with Gasteiger partial charge in [-0.25, -0.2) is 0 Å². The van der Waals surface area contributed by atoms with E-state index in [1.165, 1.54) is 12.8 Å². The van der Waals surface area contributed by atoms with Gasteiger partial charge in [-0.2, -0.15) is 0 Å². The number of carbonyl (C=O) groups excluding carboxylic acids is 2. The second kappa shape index (κ2) is 32.0. The molecule has 0 radical (unpaired) electrons. The molecule has 6 nitrogen and oxygen atoms in total. The molecule has 0 fully saturated rings. The minimum absolute atomic E-state index is 0.0447. The van der Waals surface area contributed by atoms with Crippen LogP contribution in [0.2, 0.25) is 0 Å². The van der Waals surface area contributed by atoms with Crippen molar-refractivity contribution in [2.24, 2.45) is 0 Å². The summed E-state index contributed by atoms with van der Waals surface area (Å²) in [6.45, 7) is 3.95. The van der Waals surface area contributed by atoms with Crippen molar-refractivity contribution < 1.29 is 24.2 Å². The molecule has 0 aromatic carbocycles. The van der Waals surface area contributed by atoms with Crippen LogP contribution in [0.15, 0.2) is 60.8 Å². The number of nitrogens with one attached hydrogen (secondary N) is 1. The first-order valence-electron chi connectivity index (χ1n) is 16.9. The average Bonchev–Trinajstić information content (AvgIpc) is 2.99. The SMILES string of the molecule is CC/C=C\C/C=C\C/C=C\C/C=C\C/C=C\CCCCCCCC(=O)OC(CCCC)CCCCCC(=O)NCC(=O)O. The van der Waals surface area contributed by atoms with Crippen molar-refractivity contribution in [3.05, 3.63) is 60.8 Å². The Balaban J connectivity index is 3.79. The predicted octanol–water partition coefficient (Wildman–Crippen LogP) is 9.72. The number of ether oxygens (including phenoxy) is 1. The number of amides is 1. The van der Waals surface area contributed by atoms with E-state index in [0.29, 0.717) is 19.3 Å². The Kier molecular flexibility index (Phi) is 29.9. The van der Waals surface area contributed by atoms with E-state index < -0.39 is 5.97 Å². The fourth-order valence-electron chi connectivity index (χ4n) is 4.47. The maximum absolute atomic E-state index is 12.4. The van der Waals surface area contributed by atoms with Crippen molar-refractivity contribution in [1.82, 2.24) is 5.32 Å². The zero-order valence-corrected chi connectivity index (χ0v) is 27.3. The van der Waals surface area contributed by atoms with Crippen LogP contribution in [0.25, 0.3) is 0 Å². The Morgan fingerprint density at radius 2 is 1.14 bits per heavy atom. The van der Waals surface area contributed by atoms with Crippen molar-refractivity contribution in [2.75, 3.05) is 6.54 Å². The molecule has 0 rings (SSSR count). The first-order chi connectivity index (χ1) is 21.0. The van der Waals surface area contributed by atoms with Gasteiger partial charge in [0.2, 0.25) is 5.91 Å². The molecular formula is C37H61NO5. The Labute approximate surface area is 262 Å². The minimum Gasteiger partial charge on any atom is -0.480 e. The van der Waals surface area contributed by atoms with E-state index in [1.807, 2.05) is 0 Å². The average molecular weight is 600 g/mol. The number of carboxylic acid groups (broad SMARTS) is 1. The highest BCUT2D eigenvalue weighted by Crippen LogP contribution is 2.16. The number of hydrogen-bond donors (Lipinski definition) is 2. The number of carbonyl (C=O) groups is 3. The van der Waals surface area contributed by atoms with Crippen molar-refractivity contribution >= 4 is 17.8 Å². The summed E-state index contributed by atoms with van der Waals surface area (Å²) >= 11 is 0. The molecule has 244 valence electrons. The molecule has 1 atom stereocenters. The first-order valence-corrected chi connectivity index (χ1v) is 16.9. The zero-order chi connectivity index (χ0) is 31.6. The number of hydrogen-bond acceptors (Lipinski definition) is 4. The van der Waals surface area contributed by atoms with Crippen LogP contribution >= 0.6 is 0 Å². The van der Waals surface area contributed by atoms with Gasteiger partial charge in [0.1, 0.15) is 12.6 Å². The molecule has 0 aromatic rings. The van der Waals surface area contributed by atoms with Gasteiger partial charge in [-0.05, 0) is 77.0 Å². The second-order valence-electron chi connectivity index (χ2n) is 11.0. The van der Waals surface area contributed by atoms with Crippen LogP contribution in [0.3, 0.4) is 0 Å². The van der Waals surface area contributed by atoms with Gasteiger partial charge in [-0.3, -0.25) is 14.4 Å². The number of esters is 1. The summed E-state index contributed by atoms with van der Waals surface area (Å²) in [7, 11) is 0. The minimum atomic E-state index is -1.04. The zero-order valence-electron chi connectivity index (χ0n) is 27.3. The monoisotopic (exact) mass is 599 g/mol. The number of allylic oxidation sites excluding steroid dienone is 10. The molecule has 0 aliphatic carbocycles. The lowest BCUT2D eigenvalue weighted by Crippen LogP contribution is -2.28. The molecule has 1 amide bonds. The van der Waals surface area contributed by atoms with Gasteiger partial charge in [0.15, 0.2) is 0 Å². The molecule has 2 N–H and O–H groups in total. The van der Waals surface area contributed by atoms with Crippen LogP contribution in [-0.2, 0) is 19.1 Å². The highest BCUT2D eigenvalue weighted by atomic mass is 16.5. The Morgan fingerprint density at radius 1 is 0.628 bits per heavy atom. The lowest BCUT2D eigenvalue weighted by atomic mass is 10.0. The summed E-state index contributed by atoms with van der Waals surface area (Å²) in [5.74, 6) is -1.36. The van der Waals surface area contributed by atoms with Crippen LogP contribution in [0, 0.1) is 0 Å². The molecule has 0 spiro atoms. The molecule has 6 heteroatoms. The van der Waals surface area contributed by atoms with Gasteiger partial charge >= 0.3 is 11.9 Å². The van der Waals surface area contributed by atoms with E-state index in [9.17, 15) is 14.4 Å². The van der Waals surface area contributed by atoms with Crippen molar-refractivity contribution in [3.63, 3.8) is 0 Å². The molecule has 0 saturated heterocycles. The number of rotatable bonds is 29. The maximum atomic E-state index is 12.4.